The van der Waals surface area contributed by atoms with Gasteiger partial charge in [-0.15, -0.1) is 5.10 Å². The van der Waals surface area contributed by atoms with Gasteiger partial charge in [-0.1, -0.05) is 5.16 Å². The normalized spacial score (nSPS) is 10.8. The Morgan fingerprint density at radius 2 is 2.21 bits per heavy atom. The number of H-pyrrole nitrogens is 1. The molecule has 3 rings (SSSR count). The number of rotatable bonds is 4. The third kappa shape index (κ3) is 2.62. The first-order valence-corrected chi connectivity index (χ1v) is 5.80. The standard InChI is InChI=1S/C11H11N7O/c1-7-13-9(17-15-7)4-5-10-14-11(18-19-10)8-3-2-6-12-16-8/h2-3,6H,4-5H2,1H3,(H,13,15,17). The molecule has 8 heteroatoms. The lowest BCUT2D eigenvalue weighted by molar-refractivity contribution is 0.378. The highest BCUT2D eigenvalue weighted by molar-refractivity contribution is 5.46. The fraction of sp³-hybridized carbons (Fsp3) is 0.273. The zero-order chi connectivity index (χ0) is 13.1. The van der Waals surface area contributed by atoms with Crippen LogP contribution in [0, 0.1) is 6.92 Å². The fourth-order valence-electron chi connectivity index (χ4n) is 1.60. The van der Waals surface area contributed by atoms with Gasteiger partial charge in [0.15, 0.2) is 5.82 Å². The maximum Gasteiger partial charge on any atom is 0.227 e. The molecular formula is C11H11N7O. The minimum atomic E-state index is 0.439. The molecule has 3 aromatic rings. The minimum Gasteiger partial charge on any atom is -0.339 e. The van der Waals surface area contributed by atoms with E-state index in [2.05, 4.69) is 35.5 Å². The molecule has 3 heterocycles. The molecule has 0 unspecified atom stereocenters. The Hall–Kier alpha value is -2.64. The van der Waals surface area contributed by atoms with E-state index in [-0.39, 0.29) is 0 Å². The van der Waals surface area contributed by atoms with Crippen LogP contribution in [0.15, 0.2) is 22.9 Å². The van der Waals surface area contributed by atoms with E-state index in [0.717, 1.165) is 11.6 Å². The number of aryl methyl sites for hydroxylation is 3. The summed E-state index contributed by atoms with van der Waals surface area (Å²) in [5, 5.41) is 18.4. The molecule has 0 atom stereocenters. The Labute approximate surface area is 108 Å². The maximum absolute atomic E-state index is 5.15. The maximum atomic E-state index is 5.15. The molecule has 3 aromatic heterocycles. The lowest BCUT2D eigenvalue weighted by Crippen LogP contribution is -1.94. The summed E-state index contributed by atoms with van der Waals surface area (Å²) in [6.07, 6.45) is 2.83. The van der Waals surface area contributed by atoms with Gasteiger partial charge in [-0.25, -0.2) is 4.98 Å². The average Bonchev–Trinajstić information content (AvgIpc) is 3.06. The van der Waals surface area contributed by atoms with Crippen molar-refractivity contribution in [2.75, 3.05) is 0 Å². The fourth-order valence-corrected chi connectivity index (χ4v) is 1.60. The molecule has 0 aromatic carbocycles. The quantitative estimate of drug-likeness (QED) is 0.734. The molecule has 0 aliphatic heterocycles. The first kappa shape index (κ1) is 11.5. The van der Waals surface area contributed by atoms with E-state index >= 15 is 0 Å². The molecule has 0 aliphatic carbocycles. The summed E-state index contributed by atoms with van der Waals surface area (Å²) in [5.74, 6) is 2.50. The van der Waals surface area contributed by atoms with Crippen LogP contribution in [-0.4, -0.2) is 35.5 Å². The van der Waals surface area contributed by atoms with Crippen LogP contribution in [0.2, 0.25) is 0 Å². The molecule has 19 heavy (non-hydrogen) atoms. The van der Waals surface area contributed by atoms with Crippen molar-refractivity contribution in [2.24, 2.45) is 0 Å². The molecule has 0 spiro atoms. The number of nitrogens with zero attached hydrogens (tertiary/aromatic N) is 6. The highest BCUT2D eigenvalue weighted by Gasteiger charge is 2.10. The van der Waals surface area contributed by atoms with Crippen molar-refractivity contribution >= 4 is 0 Å². The van der Waals surface area contributed by atoms with Gasteiger partial charge in [-0.3, -0.25) is 5.10 Å². The van der Waals surface area contributed by atoms with Crippen molar-refractivity contribution in [3.8, 4) is 11.5 Å². The third-order valence-electron chi connectivity index (χ3n) is 2.48. The lowest BCUT2D eigenvalue weighted by atomic mass is 10.3. The van der Waals surface area contributed by atoms with Crippen molar-refractivity contribution in [3.05, 3.63) is 35.9 Å². The molecule has 0 aliphatic rings. The Bertz CT molecular complexity index is 661. The zero-order valence-electron chi connectivity index (χ0n) is 10.2. The number of hydrogen-bond donors (Lipinski definition) is 1. The number of aromatic amines is 1. The van der Waals surface area contributed by atoms with Crippen molar-refractivity contribution in [1.29, 1.82) is 0 Å². The SMILES string of the molecule is Cc1nc(CCc2nc(-c3cccnn3)no2)n[nH]1. The summed E-state index contributed by atoms with van der Waals surface area (Å²) in [4.78, 5) is 8.47. The van der Waals surface area contributed by atoms with Crippen molar-refractivity contribution < 1.29 is 4.52 Å². The van der Waals surface area contributed by atoms with Crippen molar-refractivity contribution in [3.63, 3.8) is 0 Å². The predicted octanol–water partition coefficient (Wildman–Crippen LogP) is 0.738. The second-order valence-electron chi connectivity index (χ2n) is 3.96. The van der Waals surface area contributed by atoms with E-state index in [9.17, 15) is 0 Å². The van der Waals surface area contributed by atoms with Crippen molar-refractivity contribution in [2.45, 2.75) is 19.8 Å². The molecule has 0 bridgehead atoms. The molecule has 0 amide bonds. The van der Waals surface area contributed by atoms with Gasteiger partial charge in [0.2, 0.25) is 11.7 Å². The van der Waals surface area contributed by atoms with Crippen LogP contribution in [0.1, 0.15) is 17.5 Å². The van der Waals surface area contributed by atoms with Crippen LogP contribution in [0.25, 0.3) is 11.5 Å². The molecule has 96 valence electrons. The highest BCUT2D eigenvalue weighted by atomic mass is 16.5. The van der Waals surface area contributed by atoms with E-state index in [1.54, 1.807) is 18.3 Å². The second kappa shape index (κ2) is 4.92. The minimum absolute atomic E-state index is 0.439. The summed E-state index contributed by atoms with van der Waals surface area (Å²) in [5.41, 5.74) is 0.589. The molecule has 0 fully saturated rings. The average molecular weight is 257 g/mol. The van der Waals surface area contributed by atoms with Gasteiger partial charge in [0, 0.05) is 19.0 Å². The summed E-state index contributed by atoms with van der Waals surface area (Å²) >= 11 is 0. The lowest BCUT2D eigenvalue weighted by Gasteiger charge is -1.90. The van der Waals surface area contributed by atoms with Gasteiger partial charge >= 0.3 is 0 Å². The van der Waals surface area contributed by atoms with Gasteiger partial charge in [0.05, 0.1) is 0 Å². The summed E-state index contributed by atoms with van der Waals surface area (Å²) < 4.78 is 5.15. The Kier molecular flexibility index (Phi) is 2.97. The van der Waals surface area contributed by atoms with Crippen LogP contribution in [-0.2, 0) is 12.8 Å². The Morgan fingerprint density at radius 3 is 2.95 bits per heavy atom. The monoisotopic (exact) mass is 257 g/mol. The molecular weight excluding hydrogens is 246 g/mol. The largest absolute Gasteiger partial charge is 0.339 e. The number of nitrogens with one attached hydrogen (secondary N) is 1. The number of hydrogen-bond acceptors (Lipinski definition) is 7. The van der Waals surface area contributed by atoms with Gasteiger partial charge in [-0.2, -0.15) is 15.2 Å². The summed E-state index contributed by atoms with van der Waals surface area (Å²) in [6.45, 7) is 1.86. The smallest absolute Gasteiger partial charge is 0.227 e. The summed E-state index contributed by atoms with van der Waals surface area (Å²) in [6, 6.07) is 3.55. The predicted molar refractivity (Wildman–Crippen MR) is 63.9 cm³/mol. The molecule has 0 saturated heterocycles. The van der Waals surface area contributed by atoms with Crippen LogP contribution in [0.4, 0.5) is 0 Å². The molecule has 0 saturated carbocycles. The highest BCUT2D eigenvalue weighted by Crippen LogP contribution is 2.12. The van der Waals surface area contributed by atoms with Crippen LogP contribution >= 0.6 is 0 Å². The Morgan fingerprint density at radius 1 is 1.26 bits per heavy atom. The van der Waals surface area contributed by atoms with Crippen LogP contribution in [0.3, 0.4) is 0 Å². The first-order valence-electron chi connectivity index (χ1n) is 5.80. The second-order valence-corrected chi connectivity index (χ2v) is 3.96. The van der Waals surface area contributed by atoms with Gasteiger partial charge in [0.1, 0.15) is 11.5 Å². The Balaban J connectivity index is 1.68. The van der Waals surface area contributed by atoms with E-state index in [0.29, 0.717) is 30.3 Å². The summed E-state index contributed by atoms with van der Waals surface area (Å²) in [7, 11) is 0. The van der Waals surface area contributed by atoms with Gasteiger partial charge in [-0.05, 0) is 19.1 Å². The number of aromatic nitrogens is 7. The zero-order valence-corrected chi connectivity index (χ0v) is 10.2. The van der Waals surface area contributed by atoms with E-state index in [1.807, 2.05) is 6.92 Å². The molecule has 0 radical (unpaired) electrons. The van der Waals surface area contributed by atoms with E-state index in [1.165, 1.54) is 0 Å². The topological polar surface area (TPSA) is 106 Å². The molecule has 8 nitrogen and oxygen atoms in total. The van der Waals surface area contributed by atoms with Gasteiger partial charge < -0.3 is 4.52 Å². The van der Waals surface area contributed by atoms with Crippen LogP contribution in [0.5, 0.6) is 0 Å². The van der Waals surface area contributed by atoms with Crippen molar-refractivity contribution in [1.82, 2.24) is 35.5 Å². The van der Waals surface area contributed by atoms with Crippen LogP contribution < -0.4 is 0 Å². The van der Waals surface area contributed by atoms with Gasteiger partial charge in [0.25, 0.3) is 0 Å². The first-order chi connectivity index (χ1) is 9.31. The molecule has 1 N–H and O–H groups in total. The van der Waals surface area contributed by atoms with E-state index < -0.39 is 0 Å². The third-order valence-corrected chi connectivity index (χ3v) is 2.48. The van der Waals surface area contributed by atoms with E-state index in [4.69, 9.17) is 4.52 Å².